The van der Waals surface area contributed by atoms with Crippen LogP contribution in [-0.4, -0.2) is 37.1 Å². The first-order valence-corrected chi connectivity index (χ1v) is 12.4. The predicted molar refractivity (Wildman–Crippen MR) is 131 cm³/mol. The van der Waals surface area contributed by atoms with Crippen LogP contribution in [0.1, 0.15) is 62.5 Å². The third-order valence-electron chi connectivity index (χ3n) is 7.52. The normalized spacial score (nSPS) is 20.8. The second-order valence-corrected chi connectivity index (χ2v) is 9.63. The van der Waals surface area contributed by atoms with E-state index in [0.717, 1.165) is 61.2 Å². The molecule has 0 amide bonds. The summed E-state index contributed by atoms with van der Waals surface area (Å²) in [6, 6.07) is 12.5. The van der Waals surface area contributed by atoms with Gasteiger partial charge in [0.1, 0.15) is 0 Å². The molecule has 5 rings (SSSR count). The zero-order valence-electron chi connectivity index (χ0n) is 20.1. The van der Waals surface area contributed by atoms with Crippen LogP contribution in [0.5, 0.6) is 11.5 Å². The minimum Gasteiger partial charge on any atom is -0.493 e. The number of methoxy groups -OCH3 is 1. The molecule has 1 heterocycles. The van der Waals surface area contributed by atoms with Crippen molar-refractivity contribution in [1.82, 2.24) is 0 Å². The Labute approximate surface area is 205 Å². The molecular weight excluding hydrogens is 446 g/mol. The van der Waals surface area contributed by atoms with Crippen molar-refractivity contribution in [2.45, 2.75) is 68.7 Å². The van der Waals surface area contributed by atoms with E-state index in [1.807, 2.05) is 6.07 Å². The molecular formula is C28H31NO6. The van der Waals surface area contributed by atoms with Crippen LogP contribution in [0, 0.1) is 22.0 Å². The molecule has 1 aliphatic heterocycles. The molecule has 1 saturated heterocycles. The first-order valence-electron chi connectivity index (χ1n) is 12.4. The van der Waals surface area contributed by atoms with E-state index in [9.17, 15) is 10.1 Å². The SMILES string of the molecule is COc1ccc(C2(C#Cc3ccc([N+](=O)[O-])cc3)CCC3(CC2)OCCO3)cc1OC1CCCC1. The first kappa shape index (κ1) is 23.7. The zero-order valence-corrected chi connectivity index (χ0v) is 20.1. The Hall–Kier alpha value is -3.08. The molecule has 0 radical (unpaired) electrons. The summed E-state index contributed by atoms with van der Waals surface area (Å²) < 4.78 is 23.9. The van der Waals surface area contributed by atoms with E-state index in [1.165, 1.54) is 25.0 Å². The number of nitro groups is 1. The lowest BCUT2D eigenvalue weighted by Gasteiger charge is -2.41. The Morgan fingerprint density at radius 1 is 0.971 bits per heavy atom. The van der Waals surface area contributed by atoms with E-state index in [4.69, 9.17) is 18.9 Å². The van der Waals surface area contributed by atoms with E-state index in [2.05, 4.69) is 24.0 Å². The molecule has 7 heteroatoms. The summed E-state index contributed by atoms with van der Waals surface area (Å²) in [4.78, 5) is 10.6. The highest BCUT2D eigenvalue weighted by Gasteiger charge is 2.46. The fourth-order valence-corrected chi connectivity index (χ4v) is 5.44. The highest BCUT2D eigenvalue weighted by atomic mass is 16.7. The number of non-ortho nitro benzene ring substituents is 1. The van der Waals surface area contributed by atoms with Gasteiger partial charge in [0.15, 0.2) is 17.3 Å². The minimum atomic E-state index is -0.506. The summed E-state index contributed by atoms with van der Waals surface area (Å²) in [6.45, 7) is 1.26. The number of hydrogen-bond donors (Lipinski definition) is 0. The molecule has 3 fully saturated rings. The molecule has 0 unspecified atom stereocenters. The van der Waals surface area contributed by atoms with Crippen LogP contribution < -0.4 is 9.47 Å². The molecule has 1 spiro atoms. The maximum Gasteiger partial charge on any atom is 0.269 e. The van der Waals surface area contributed by atoms with Crippen LogP contribution in [-0.2, 0) is 14.9 Å². The summed E-state index contributed by atoms with van der Waals surface area (Å²) in [6.07, 6.45) is 7.81. The first-order chi connectivity index (χ1) is 17.0. The van der Waals surface area contributed by atoms with Gasteiger partial charge in [-0.25, -0.2) is 0 Å². The van der Waals surface area contributed by atoms with Crippen molar-refractivity contribution >= 4 is 5.69 Å². The molecule has 0 N–H and O–H groups in total. The molecule has 35 heavy (non-hydrogen) atoms. The highest BCUT2D eigenvalue weighted by molar-refractivity contribution is 5.50. The van der Waals surface area contributed by atoms with Gasteiger partial charge in [-0.15, -0.1) is 0 Å². The summed E-state index contributed by atoms with van der Waals surface area (Å²) in [5, 5.41) is 11.0. The van der Waals surface area contributed by atoms with E-state index in [0.29, 0.717) is 13.2 Å². The standard InChI is InChI=1S/C28H31NO6/c1-32-25-11-8-22(20-26(25)35-24-4-2-3-5-24)27(14-16-28(17-15-27)33-18-19-34-28)13-12-21-6-9-23(10-7-21)29(30)31/h6-11,20,24H,2-5,14-19H2,1H3. The third kappa shape index (κ3) is 5.00. The molecule has 3 aliphatic rings. The smallest absolute Gasteiger partial charge is 0.269 e. The fourth-order valence-electron chi connectivity index (χ4n) is 5.44. The third-order valence-corrected chi connectivity index (χ3v) is 7.52. The molecule has 2 aromatic rings. The number of rotatable bonds is 5. The van der Waals surface area contributed by atoms with Crippen molar-refractivity contribution in [3.05, 3.63) is 63.7 Å². The number of nitro benzene ring substituents is 1. The van der Waals surface area contributed by atoms with Crippen molar-refractivity contribution in [3.8, 4) is 23.3 Å². The predicted octanol–water partition coefficient (Wildman–Crippen LogP) is 5.53. The Balaban J connectivity index is 1.48. The quantitative estimate of drug-likeness (QED) is 0.320. The van der Waals surface area contributed by atoms with Gasteiger partial charge in [-0.3, -0.25) is 10.1 Å². The summed E-state index contributed by atoms with van der Waals surface area (Å²) in [5.74, 6) is 7.84. The van der Waals surface area contributed by atoms with E-state index >= 15 is 0 Å². The van der Waals surface area contributed by atoms with Gasteiger partial charge in [-0.1, -0.05) is 17.9 Å². The second-order valence-electron chi connectivity index (χ2n) is 9.63. The second kappa shape index (κ2) is 9.88. The molecule has 0 aromatic heterocycles. The molecule has 184 valence electrons. The molecule has 0 bridgehead atoms. The fraction of sp³-hybridized carbons (Fsp3) is 0.500. The van der Waals surface area contributed by atoms with Crippen molar-refractivity contribution in [2.24, 2.45) is 0 Å². The molecule has 2 aliphatic carbocycles. The average Bonchev–Trinajstić information content (AvgIpc) is 3.57. The van der Waals surface area contributed by atoms with Crippen molar-refractivity contribution in [3.63, 3.8) is 0 Å². The van der Waals surface area contributed by atoms with Gasteiger partial charge in [0.05, 0.1) is 36.8 Å². The van der Waals surface area contributed by atoms with Crippen molar-refractivity contribution in [1.29, 1.82) is 0 Å². The van der Waals surface area contributed by atoms with E-state index in [1.54, 1.807) is 19.2 Å². The number of nitrogens with zero attached hydrogens (tertiary/aromatic N) is 1. The van der Waals surface area contributed by atoms with Crippen LogP contribution in [0.25, 0.3) is 0 Å². The van der Waals surface area contributed by atoms with Crippen molar-refractivity contribution < 1.29 is 23.9 Å². The van der Waals surface area contributed by atoms with Crippen LogP contribution >= 0.6 is 0 Å². The lowest BCUT2D eigenvalue weighted by molar-refractivity contribution is -0.384. The van der Waals surface area contributed by atoms with Crippen molar-refractivity contribution in [2.75, 3.05) is 20.3 Å². The molecule has 0 atom stereocenters. The Kier molecular flexibility index (Phi) is 6.68. The number of benzene rings is 2. The lowest BCUT2D eigenvalue weighted by atomic mass is 9.68. The summed E-state index contributed by atoms with van der Waals surface area (Å²) in [5.41, 5.74) is 1.49. The Bertz CT molecular complexity index is 1110. The van der Waals surface area contributed by atoms with Gasteiger partial charge in [0.25, 0.3) is 5.69 Å². The van der Waals surface area contributed by atoms with Crippen LogP contribution in [0.3, 0.4) is 0 Å². The van der Waals surface area contributed by atoms with E-state index in [-0.39, 0.29) is 11.8 Å². The van der Waals surface area contributed by atoms with Gasteiger partial charge in [0, 0.05) is 30.5 Å². The summed E-state index contributed by atoms with van der Waals surface area (Å²) in [7, 11) is 1.67. The van der Waals surface area contributed by atoms with Gasteiger partial charge in [-0.05, 0) is 68.4 Å². The van der Waals surface area contributed by atoms with Gasteiger partial charge >= 0.3 is 0 Å². The lowest BCUT2D eigenvalue weighted by Crippen LogP contribution is -2.41. The Morgan fingerprint density at radius 2 is 1.66 bits per heavy atom. The van der Waals surface area contributed by atoms with Crippen LogP contribution in [0.4, 0.5) is 5.69 Å². The Morgan fingerprint density at radius 3 is 2.29 bits per heavy atom. The summed E-state index contributed by atoms with van der Waals surface area (Å²) >= 11 is 0. The largest absolute Gasteiger partial charge is 0.493 e. The number of hydrogen-bond acceptors (Lipinski definition) is 6. The zero-order chi connectivity index (χ0) is 24.3. The topological polar surface area (TPSA) is 80.1 Å². The van der Waals surface area contributed by atoms with Crippen LogP contribution in [0.2, 0.25) is 0 Å². The minimum absolute atomic E-state index is 0.0595. The monoisotopic (exact) mass is 477 g/mol. The van der Waals surface area contributed by atoms with E-state index < -0.39 is 16.1 Å². The van der Waals surface area contributed by atoms with Gasteiger partial charge in [0.2, 0.25) is 0 Å². The maximum absolute atomic E-state index is 11.0. The molecule has 2 saturated carbocycles. The van der Waals surface area contributed by atoms with Crippen LogP contribution in [0.15, 0.2) is 42.5 Å². The maximum atomic E-state index is 11.0. The molecule has 2 aromatic carbocycles. The van der Waals surface area contributed by atoms with Gasteiger partial charge < -0.3 is 18.9 Å². The molecule has 7 nitrogen and oxygen atoms in total. The number of ether oxygens (including phenoxy) is 4. The average molecular weight is 478 g/mol. The van der Waals surface area contributed by atoms with Gasteiger partial charge in [-0.2, -0.15) is 0 Å². The highest BCUT2D eigenvalue weighted by Crippen LogP contribution is 2.48.